The van der Waals surface area contributed by atoms with E-state index in [2.05, 4.69) is 21.0 Å². The standard InChI is InChI=1S/C12H11BrClN3O2/c1-6-10(13)12(15)17(16-6)4-7-2-8(14)11-9(3-7)18-5-19-11/h2-3H,4-5,15H2,1H3. The van der Waals surface area contributed by atoms with E-state index in [0.29, 0.717) is 28.9 Å². The zero-order valence-electron chi connectivity index (χ0n) is 10.1. The molecule has 0 bridgehead atoms. The lowest BCUT2D eigenvalue weighted by Gasteiger charge is -2.07. The number of halogens is 2. The third kappa shape index (κ3) is 2.15. The summed E-state index contributed by atoms with van der Waals surface area (Å²) in [5, 5.41) is 4.89. The minimum absolute atomic E-state index is 0.201. The Hall–Kier alpha value is -1.40. The zero-order valence-corrected chi connectivity index (χ0v) is 12.5. The van der Waals surface area contributed by atoms with Gasteiger partial charge in [0.1, 0.15) is 5.82 Å². The minimum Gasteiger partial charge on any atom is -0.454 e. The van der Waals surface area contributed by atoms with Crippen LogP contribution in [0, 0.1) is 6.92 Å². The molecule has 0 radical (unpaired) electrons. The van der Waals surface area contributed by atoms with E-state index < -0.39 is 0 Å². The van der Waals surface area contributed by atoms with Crippen molar-refractivity contribution in [3.8, 4) is 11.5 Å². The molecule has 5 nitrogen and oxygen atoms in total. The van der Waals surface area contributed by atoms with E-state index in [4.69, 9.17) is 26.8 Å². The number of ether oxygens (including phenoxy) is 2. The molecule has 3 rings (SSSR count). The maximum absolute atomic E-state index is 6.14. The first-order valence-corrected chi connectivity index (χ1v) is 6.79. The topological polar surface area (TPSA) is 62.3 Å². The monoisotopic (exact) mass is 343 g/mol. The Morgan fingerprint density at radius 2 is 2.26 bits per heavy atom. The summed E-state index contributed by atoms with van der Waals surface area (Å²) in [6, 6.07) is 3.72. The summed E-state index contributed by atoms with van der Waals surface area (Å²) in [6.45, 7) is 2.62. The lowest BCUT2D eigenvalue weighted by atomic mass is 10.2. The van der Waals surface area contributed by atoms with Crippen LogP contribution in [0.25, 0.3) is 0 Å². The number of benzene rings is 1. The van der Waals surface area contributed by atoms with Crippen LogP contribution in [-0.4, -0.2) is 16.6 Å². The molecule has 2 N–H and O–H groups in total. The average Bonchev–Trinajstić information content (AvgIpc) is 2.92. The van der Waals surface area contributed by atoms with Gasteiger partial charge in [-0.05, 0) is 40.5 Å². The molecule has 1 aliphatic heterocycles. The maximum Gasteiger partial charge on any atom is 0.231 e. The Bertz CT molecular complexity index is 657. The molecule has 1 aromatic carbocycles. The summed E-state index contributed by atoms with van der Waals surface area (Å²) in [5.41, 5.74) is 7.77. The highest BCUT2D eigenvalue weighted by atomic mass is 79.9. The van der Waals surface area contributed by atoms with Crippen molar-refractivity contribution in [2.24, 2.45) is 0 Å². The van der Waals surface area contributed by atoms with Crippen molar-refractivity contribution < 1.29 is 9.47 Å². The van der Waals surface area contributed by atoms with E-state index in [-0.39, 0.29) is 6.79 Å². The summed E-state index contributed by atoms with van der Waals surface area (Å²) in [7, 11) is 0. The number of anilines is 1. The van der Waals surface area contributed by atoms with Crippen LogP contribution in [0.3, 0.4) is 0 Å². The minimum atomic E-state index is 0.201. The average molecular weight is 345 g/mol. The zero-order chi connectivity index (χ0) is 13.6. The van der Waals surface area contributed by atoms with Crippen molar-refractivity contribution in [2.45, 2.75) is 13.5 Å². The van der Waals surface area contributed by atoms with Crippen LogP contribution in [0.15, 0.2) is 16.6 Å². The highest BCUT2D eigenvalue weighted by molar-refractivity contribution is 9.10. The first-order valence-electron chi connectivity index (χ1n) is 5.62. The lowest BCUT2D eigenvalue weighted by Crippen LogP contribution is -2.06. The fraction of sp³-hybridized carbons (Fsp3) is 0.250. The quantitative estimate of drug-likeness (QED) is 0.910. The van der Waals surface area contributed by atoms with Crippen LogP contribution in [0.4, 0.5) is 5.82 Å². The van der Waals surface area contributed by atoms with Gasteiger partial charge in [0.05, 0.1) is 21.7 Å². The van der Waals surface area contributed by atoms with Crippen LogP contribution in [0.1, 0.15) is 11.3 Å². The molecule has 19 heavy (non-hydrogen) atoms. The Balaban J connectivity index is 1.95. The van der Waals surface area contributed by atoms with E-state index >= 15 is 0 Å². The molecule has 0 fully saturated rings. The second-order valence-electron chi connectivity index (χ2n) is 4.25. The van der Waals surface area contributed by atoms with Crippen LogP contribution in [-0.2, 0) is 6.54 Å². The van der Waals surface area contributed by atoms with Crippen molar-refractivity contribution in [1.82, 2.24) is 9.78 Å². The summed E-state index contributed by atoms with van der Waals surface area (Å²) < 4.78 is 13.1. The predicted octanol–water partition coefficient (Wildman–Crippen LogP) is 2.97. The Morgan fingerprint density at radius 3 is 2.95 bits per heavy atom. The fourth-order valence-corrected chi connectivity index (χ4v) is 2.55. The third-order valence-electron chi connectivity index (χ3n) is 2.91. The van der Waals surface area contributed by atoms with Gasteiger partial charge in [-0.15, -0.1) is 0 Å². The van der Waals surface area contributed by atoms with Gasteiger partial charge in [-0.1, -0.05) is 11.6 Å². The van der Waals surface area contributed by atoms with Crippen LogP contribution >= 0.6 is 27.5 Å². The molecule has 2 heterocycles. The molecule has 2 aromatic rings. The van der Waals surface area contributed by atoms with E-state index in [1.165, 1.54) is 0 Å². The molecule has 0 spiro atoms. The molecular weight excluding hydrogens is 334 g/mol. The summed E-state index contributed by atoms with van der Waals surface area (Å²) in [4.78, 5) is 0. The number of hydrogen-bond donors (Lipinski definition) is 1. The molecule has 100 valence electrons. The highest BCUT2D eigenvalue weighted by Gasteiger charge is 2.19. The molecule has 0 amide bonds. The molecule has 1 aromatic heterocycles. The Morgan fingerprint density at radius 1 is 1.47 bits per heavy atom. The van der Waals surface area contributed by atoms with Crippen LogP contribution < -0.4 is 15.2 Å². The third-order valence-corrected chi connectivity index (χ3v) is 4.17. The predicted molar refractivity (Wildman–Crippen MR) is 75.8 cm³/mol. The van der Waals surface area contributed by atoms with Gasteiger partial charge >= 0.3 is 0 Å². The van der Waals surface area contributed by atoms with Crippen LogP contribution in [0.5, 0.6) is 11.5 Å². The smallest absolute Gasteiger partial charge is 0.231 e. The number of nitrogen functional groups attached to an aromatic ring is 1. The van der Waals surface area contributed by atoms with Crippen molar-refractivity contribution in [3.05, 3.63) is 32.9 Å². The first-order chi connectivity index (χ1) is 9.06. The van der Waals surface area contributed by atoms with Crippen LogP contribution in [0.2, 0.25) is 5.02 Å². The molecule has 0 saturated heterocycles. The fourth-order valence-electron chi connectivity index (χ4n) is 1.98. The molecule has 7 heteroatoms. The molecule has 0 unspecified atom stereocenters. The Kier molecular flexibility index (Phi) is 3.06. The summed E-state index contributed by atoms with van der Waals surface area (Å²) >= 11 is 9.54. The van der Waals surface area contributed by atoms with Gasteiger partial charge in [-0.2, -0.15) is 5.10 Å². The van der Waals surface area contributed by atoms with E-state index in [0.717, 1.165) is 15.7 Å². The van der Waals surface area contributed by atoms with Gasteiger partial charge in [0.25, 0.3) is 0 Å². The maximum atomic E-state index is 6.14. The summed E-state index contributed by atoms with van der Waals surface area (Å²) in [5.74, 6) is 1.84. The largest absolute Gasteiger partial charge is 0.454 e. The molecule has 0 aliphatic carbocycles. The van der Waals surface area contributed by atoms with Crippen molar-refractivity contribution in [3.63, 3.8) is 0 Å². The van der Waals surface area contributed by atoms with Gasteiger partial charge in [-0.25, -0.2) is 4.68 Å². The van der Waals surface area contributed by atoms with Crippen molar-refractivity contribution in [2.75, 3.05) is 12.5 Å². The number of hydrogen-bond acceptors (Lipinski definition) is 4. The van der Waals surface area contributed by atoms with Crippen molar-refractivity contribution >= 4 is 33.3 Å². The second-order valence-corrected chi connectivity index (χ2v) is 5.45. The van der Waals surface area contributed by atoms with Gasteiger partial charge in [-0.3, -0.25) is 0 Å². The van der Waals surface area contributed by atoms with Crippen molar-refractivity contribution in [1.29, 1.82) is 0 Å². The second kappa shape index (κ2) is 4.61. The number of nitrogens with zero attached hydrogens (tertiary/aromatic N) is 2. The van der Waals surface area contributed by atoms with Gasteiger partial charge < -0.3 is 15.2 Å². The first kappa shape index (κ1) is 12.6. The number of nitrogens with two attached hydrogens (primary N) is 1. The number of aryl methyl sites for hydroxylation is 1. The van der Waals surface area contributed by atoms with Gasteiger partial charge in [0, 0.05) is 0 Å². The lowest BCUT2D eigenvalue weighted by molar-refractivity contribution is 0.174. The molecule has 1 aliphatic rings. The molecule has 0 atom stereocenters. The van der Waals surface area contributed by atoms with Gasteiger partial charge in [0.2, 0.25) is 6.79 Å². The SMILES string of the molecule is Cc1nn(Cc2cc(Cl)c3c(c2)OCO3)c(N)c1Br. The molecular formula is C12H11BrClN3O2. The van der Waals surface area contributed by atoms with Gasteiger partial charge in [0.15, 0.2) is 11.5 Å². The number of aromatic nitrogens is 2. The Labute approximate surface area is 123 Å². The van der Waals surface area contributed by atoms with E-state index in [9.17, 15) is 0 Å². The summed E-state index contributed by atoms with van der Waals surface area (Å²) in [6.07, 6.45) is 0. The number of rotatable bonds is 2. The number of fused-ring (bicyclic) bond motifs is 1. The highest BCUT2D eigenvalue weighted by Crippen LogP contribution is 2.40. The molecule has 0 saturated carbocycles. The van der Waals surface area contributed by atoms with E-state index in [1.54, 1.807) is 4.68 Å². The normalized spacial score (nSPS) is 13.0. The van der Waals surface area contributed by atoms with E-state index in [1.807, 2.05) is 19.1 Å².